The van der Waals surface area contributed by atoms with Crippen LogP contribution in [0.25, 0.3) is 17.5 Å². The number of nitrogens with zero attached hydrogens (tertiary/aromatic N) is 3. The number of ether oxygens (including phenoxy) is 1. The van der Waals surface area contributed by atoms with E-state index in [-0.39, 0.29) is 10.8 Å². The van der Waals surface area contributed by atoms with E-state index < -0.39 is 5.97 Å². The summed E-state index contributed by atoms with van der Waals surface area (Å²) >= 11 is 7.08. The largest absolute Gasteiger partial charge is 0.496 e. The highest BCUT2D eigenvalue weighted by Crippen LogP contribution is 2.34. The van der Waals surface area contributed by atoms with Crippen molar-refractivity contribution in [1.82, 2.24) is 14.8 Å². The van der Waals surface area contributed by atoms with Gasteiger partial charge in [0.15, 0.2) is 11.0 Å². The first-order valence-corrected chi connectivity index (χ1v) is 11.4. The number of carboxylic acid groups (broad SMARTS) is 1. The van der Waals surface area contributed by atoms with E-state index in [2.05, 4.69) is 24.0 Å². The quantitative estimate of drug-likeness (QED) is 0.308. The first kappa shape index (κ1) is 23.9. The first-order chi connectivity index (χ1) is 15.2. The molecule has 168 valence electrons. The second-order valence-electron chi connectivity index (χ2n) is 7.58. The van der Waals surface area contributed by atoms with Crippen LogP contribution in [0, 0.1) is 6.92 Å². The van der Waals surface area contributed by atoms with E-state index in [0.717, 1.165) is 39.8 Å². The minimum atomic E-state index is -1.02. The number of hydrogen-bond donors (Lipinski definition) is 1. The standard InChI is InChI=1S/C24H26ClN3O3S/c1-6-28-22(16-7-9-18(25)10-8-16)26-27-24(28)32-21(23(29)30)13-17-12-19(14(2)3)20(31-5)11-15(17)4/h7-14H,6H2,1-5H3,(H,29,30)/b21-13-. The fourth-order valence-corrected chi connectivity index (χ4v) is 4.34. The van der Waals surface area contributed by atoms with Crippen LogP contribution >= 0.6 is 23.4 Å². The molecule has 1 aromatic heterocycles. The minimum Gasteiger partial charge on any atom is -0.496 e. The third-order valence-electron chi connectivity index (χ3n) is 5.07. The lowest BCUT2D eigenvalue weighted by atomic mass is 9.96. The highest BCUT2D eigenvalue weighted by atomic mass is 35.5. The molecule has 32 heavy (non-hydrogen) atoms. The third-order valence-corrected chi connectivity index (χ3v) is 6.32. The normalized spacial score (nSPS) is 11.8. The Kier molecular flexibility index (Phi) is 7.64. The van der Waals surface area contributed by atoms with Gasteiger partial charge in [-0.25, -0.2) is 4.79 Å². The number of carboxylic acids is 1. The molecule has 0 spiro atoms. The Morgan fingerprint density at radius 3 is 2.50 bits per heavy atom. The number of aryl methyl sites for hydroxylation is 1. The molecule has 2 aromatic carbocycles. The first-order valence-electron chi connectivity index (χ1n) is 10.3. The van der Waals surface area contributed by atoms with E-state index >= 15 is 0 Å². The van der Waals surface area contributed by atoms with Gasteiger partial charge in [0.2, 0.25) is 0 Å². The molecule has 1 heterocycles. The van der Waals surface area contributed by atoms with Gasteiger partial charge in [0.05, 0.1) is 7.11 Å². The average molecular weight is 472 g/mol. The van der Waals surface area contributed by atoms with E-state index in [1.165, 1.54) is 0 Å². The molecule has 0 aliphatic rings. The molecule has 0 bridgehead atoms. The predicted octanol–water partition coefficient (Wildman–Crippen LogP) is 6.28. The zero-order valence-corrected chi connectivity index (χ0v) is 20.3. The molecule has 6 nitrogen and oxygen atoms in total. The Morgan fingerprint density at radius 1 is 1.25 bits per heavy atom. The summed E-state index contributed by atoms with van der Waals surface area (Å²) < 4.78 is 7.39. The van der Waals surface area contributed by atoms with Crippen molar-refractivity contribution in [3.63, 3.8) is 0 Å². The lowest BCUT2D eigenvalue weighted by Gasteiger charge is -2.15. The topological polar surface area (TPSA) is 77.2 Å². The summed E-state index contributed by atoms with van der Waals surface area (Å²) in [5, 5.41) is 19.6. The van der Waals surface area contributed by atoms with Crippen LogP contribution < -0.4 is 4.74 Å². The molecule has 8 heteroatoms. The number of methoxy groups -OCH3 is 1. The number of thioether (sulfide) groups is 1. The second-order valence-corrected chi connectivity index (χ2v) is 9.02. The van der Waals surface area contributed by atoms with Crippen LogP contribution in [0.3, 0.4) is 0 Å². The van der Waals surface area contributed by atoms with Gasteiger partial charge in [-0.3, -0.25) is 0 Å². The number of aliphatic carboxylic acids is 1. The van der Waals surface area contributed by atoms with Crippen molar-refractivity contribution in [2.45, 2.75) is 45.3 Å². The van der Waals surface area contributed by atoms with Crippen LogP contribution in [0.2, 0.25) is 5.02 Å². The molecule has 0 radical (unpaired) electrons. The Labute approximate surface area is 197 Å². The van der Waals surface area contributed by atoms with Crippen LogP contribution in [-0.2, 0) is 11.3 Å². The van der Waals surface area contributed by atoms with Gasteiger partial charge in [-0.15, -0.1) is 10.2 Å². The summed E-state index contributed by atoms with van der Waals surface area (Å²) in [5.41, 5.74) is 3.66. The summed E-state index contributed by atoms with van der Waals surface area (Å²) in [4.78, 5) is 12.3. The maximum atomic E-state index is 12.1. The van der Waals surface area contributed by atoms with E-state index in [4.69, 9.17) is 16.3 Å². The molecule has 0 saturated heterocycles. The van der Waals surface area contributed by atoms with E-state index in [0.29, 0.717) is 22.5 Å². The van der Waals surface area contributed by atoms with E-state index in [1.54, 1.807) is 25.3 Å². The third kappa shape index (κ3) is 5.16. The molecule has 0 amide bonds. The predicted molar refractivity (Wildman–Crippen MR) is 129 cm³/mol. The maximum Gasteiger partial charge on any atom is 0.342 e. The maximum absolute atomic E-state index is 12.1. The van der Waals surface area contributed by atoms with Crippen molar-refractivity contribution < 1.29 is 14.6 Å². The Bertz CT molecular complexity index is 1150. The molecule has 0 atom stereocenters. The SMILES string of the molecule is CCn1c(S/C(=C\c2cc(C(C)C)c(OC)cc2C)C(=O)O)nnc1-c1ccc(Cl)cc1. The highest BCUT2D eigenvalue weighted by Gasteiger charge is 2.19. The lowest BCUT2D eigenvalue weighted by Crippen LogP contribution is -2.03. The zero-order chi connectivity index (χ0) is 23.4. The van der Waals surface area contributed by atoms with Crippen molar-refractivity contribution in [1.29, 1.82) is 0 Å². The van der Waals surface area contributed by atoms with Crippen LogP contribution in [-0.4, -0.2) is 33.0 Å². The molecular weight excluding hydrogens is 446 g/mol. The Balaban J connectivity index is 2.01. The van der Waals surface area contributed by atoms with Gasteiger partial charge in [-0.2, -0.15) is 0 Å². The molecule has 0 fully saturated rings. The van der Waals surface area contributed by atoms with Crippen molar-refractivity contribution in [3.05, 3.63) is 63.0 Å². The van der Waals surface area contributed by atoms with E-state index in [9.17, 15) is 9.90 Å². The molecule has 3 aromatic rings. The lowest BCUT2D eigenvalue weighted by molar-refractivity contribution is -0.131. The van der Waals surface area contributed by atoms with Crippen LogP contribution in [0.5, 0.6) is 5.75 Å². The van der Waals surface area contributed by atoms with Crippen molar-refractivity contribution in [2.75, 3.05) is 7.11 Å². The fraction of sp³-hybridized carbons (Fsp3) is 0.292. The average Bonchev–Trinajstić information content (AvgIpc) is 3.16. The monoisotopic (exact) mass is 471 g/mol. The number of benzene rings is 2. The Morgan fingerprint density at radius 2 is 1.94 bits per heavy atom. The van der Waals surface area contributed by atoms with Crippen molar-refractivity contribution in [3.8, 4) is 17.1 Å². The molecule has 3 rings (SSSR count). The van der Waals surface area contributed by atoms with Crippen molar-refractivity contribution >= 4 is 35.4 Å². The molecule has 0 unspecified atom stereocenters. The van der Waals surface area contributed by atoms with Crippen LogP contribution in [0.15, 0.2) is 46.5 Å². The summed E-state index contributed by atoms with van der Waals surface area (Å²) in [6.45, 7) is 8.67. The summed E-state index contributed by atoms with van der Waals surface area (Å²) in [5.74, 6) is 0.690. The number of rotatable bonds is 8. The highest BCUT2D eigenvalue weighted by molar-refractivity contribution is 8.04. The smallest absolute Gasteiger partial charge is 0.342 e. The molecule has 0 saturated carbocycles. The Hall–Kier alpha value is -2.77. The van der Waals surface area contributed by atoms with E-state index in [1.807, 2.05) is 42.7 Å². The summed E-state index contributed by atoms with van der Waals surface area (Å²) in [7, 11) is 1.64. The van der Waals surface area contributed by atoms with Crippen molar-refractivity contribution in [2.24, 2.45) is 0 Å². The summed E-state index contributed by atoms with van der Waals surface area (Å²) in [6.07, 6.45) is 1.68. The molecule has 0 aliphatic carbocycles. The number of aromatic nitrogens is 3. The molecule has 0 aliphatic heterocycles. The van der Waals surface area contributed by atoms with Gasteiger partial charge < -0.3 is 14.4 Å². The number of carbonyl (C=O) groups is 1. The minimum absolute atomic E-state index is 0.165. The number of halogens is 1. The molecule has 1 N–H and O–H groups in total. The van der Waals surface area contributed by atoms with Gasteiger partial charge in [0.1, 0.15) is 10.7 Å². The molecular formula is C24H26ClN3O3S. The summed E-state index contributed by atoms with van der Waals surface area (Å²) in [6, 6.07) is 11.3. The van der Waals surface area contributed by atoms with Gasteiger partial charge in [-0.05, 0) is 90.7 Å². The van der Waals surface area contributed by atoms with Gasteiger partial charge >= 0.3 is 5.97 Å². The van der Waals surface area contributed by atoms with Gasteiger partial charge in [0, 0.05) is 17.1 Å². The van der Waals surface area contributed by atoms with Crippen LogP contribution in [0.4, 0.5) is 0 Å². The van der Waals surface area contributed by atoms with Gasteiger partial charge in [-0.1, -0.05) is 25.4 Å². The van der Waals surface area contributed by atoms with Gasteiger partial charge in [0.25, 0.3) is 0 Å². The zero-order valence-electron chi connectivity index (χ0n) is 18.7. The number of hydrogen-bond acceptors (Lipinski definition) is 5. The van der Waals surface area contributed by atoms with Crippen LogP contribution in [0.1, 0.15) is 43.4 Å². The fourth-order valence-electron chi connectivity index (χ4n) is 3.34. The second kappa shape index (κ2) is 10.2.